The van der Waals surface area contributed by atoms with E-state index in [2.05, 4.69) is 59.3 Å². The highest BCUT2D eigenvalue weighted by Gasteiger charge is 2.28. The Balaban J connectivity index is 1.66. The minimum Gasteiger partial charge on any atom is -0.207 e. The predicted molar refractivity (Wildman–Crippen MR) is 153 cm³/mol. The van der Waals surface area contributed by atoms with Crippen LogP contribution >= 0.6 is 15.9 Å². The van der Waals surface area contributed by atoms with Gasteiger partial charge >= 0.3 is 0 Å². The standard InChI is InChI=1S/C31H32BrNO2S/c1-22-7-5-9-29(19-22)28-13-11-27(12-14-28)21-33(16-15-26-8-6-10-30(32)20-26)36(34,35)31-24(3)17-23(2)18-25(31)4/h5-14,17-20H,15-16,21H2,1-4H3. The van der Waals surface area contributed by atoms with Gasteiger partial charge in [-0.1, -0.05) is 99.9 Å². The number of halogens is 1. The van der Waals surface area contributed by atoms with Crippen LogP contribution in [0.15, 0.2) is 94.3 Å². The van der Waals surface area contributed by atoms with E-state index in [9.17, 15) is 8.42 Å². The second kappa shape index (κ2) is 11.1. The summed E-state index contributed by atoms with van der Waals surface area (Å²) in [5.41, 5.74) is 8.19. The van der Waals surface area contributed by atoms with Crippen LogP contribution < -0.4 is 0 Å². The Labute approximate surface area is 224 Å². The maximum absolute atomic E-state index is 14.0. The zero-order valence-electron chi connectivity index (χ0n) is 21.3. The van der Waals surface area contributed by atoms with Crippen molar-refractivity contribution in [2.24, 2.45) is 0 Å². The van der Waals surface area contributed by atoms with Gasteiger partial charge in [-0.25, -0.2) is 8.42 Å². The van der Waals surface area contributed by atoms with Crippen molar-refractivity contribution in [3.05, 3.63) is 123 Å². The molecule has 0 fully saturated rings. The molecule has 4 aromatic carbocycles. The highest BCUT2D eigenvalue weighted by atomic mass is 79.9. The molecule has 0 unspecified atom stereocenters. The summed E-state index contributed by atoms with van der Waals surface area (Å²) in [7, 11) is -3.70. The third kappa shape index (κ3) is 6.15. The zero-order chi connectivity index (χ0) is 25.9. The molecule has 0 aliphatic rings. The van der Waals surface area contributed by atoms with Crippen molar-refractivity contribution in [2.45, 2.75) is 45.6 Å². The molecule has 3 nitrogen and oxygen atoms in total. The lowest BCUT2D eigenvalue weighted by atomic mass is 10.0. The van der Waals surface area contributed by atoms with E-state index < -0.39 is 10.0 Å². The molecule has 36 heavy (non-hydrogen) atoms. The predicted octanol–water partition coefficient (Wildman–Crippen LogP) is 7.78. The topological polar surface area (TPSA) is 37.4 Å². The summed E-state index contributed by atoms with van der Waals surface area (Å²) in [6, 6.07) is 28.6. The van der Waals surface area contributed by atoms with Crippen molar-refractivity contribution >= 4 is 26.0 Å². The van der Waals surface area contributed by atoms with E-state index in [0.29, 0.717) is 24.4 Å². The summed E-state index contributed by atoms with van der Waals surface area (Å²) in [5, 5.41) is 0. The monoisotopic (exact) mass is 561 g/mol. The van der Waals surface area contributed by atoms with E-state index in [1.165, 1.54) is 5.56 Å². The molecule has 0 heterocycles. The van der Waals surface area contributed by atoms with Gasteiger partial charge in [0.2, 0.25) is 10.0 Å². The highest BCUT2D eigenvalue weighted by Crippen LogP contribution is 2.28. The van der Waals surface area contributed by atoms with Gasteiger partial charge in [0, 0.05) is 17.6 Å². The molecule has 0 saturated carbocycles. The SMILES string of the molecule is Cc1cccc(-c2ccc(CN(CCc3cccc(Br)c3)S(=O)(=O)c3c(C)cc(C)cc3C)cc2)c1. The number of nitrogens with zero attached hydrogens (tertiary/aromatic N) is 1. The van der Waals surface area contributed by atoms with Crippen molar-refractivity contribution in [3.8, 4) is 11.1 Å². The molecule has 0 spiro atoms. The maximum Gasteiger partial charge on any atom is 0.243 e. The summed E-state index contributed by atoms with van der Waals surface area (Å²) in [6.07, 6.45) is 0.629. The number of sulfonamides is 1. The molecule has 0 aliphatic heterocycles. The lowest BCUT2D eigenvalue weighted by Crippen LogP contribution is -2.33. The fraction of sp³-hybridized carbons (Fsp3) is 0.226. The largest absolute Gasteiger partial charge is 0.243 e. The van der Waals surface area contributed by atoms with Crippen LogP contribution in [0.1, 0.15) is 33.4 Å². The first-order valence-corrected chi connectivity index (χ1v) is 14.4. The van der Waals surface area contributed by atoms with Gasteiger partial charge < -0.3 is 0 Å². The molecule has 0 N–H and O–H groups in total. The van der Waals surface area contributed by atoms with Crippen molar-refractivity contribution in [3.63, 3.8) is 0 Å². The summed E-state index contributed by atoms with van der Waals surface area (Å²) in [5.74, 6) is 0. The van der Waals surface area contributed by atoms with Crippen molar-refractivity contribution in [2.75, 3.05) is 6.54 Å². The summed E-state index contributed by atoms with van der Waals surface area (Å²) in [4.78, 5) is 0.415. The van der Waals surface area contributed by atoms with Crippen LogP contribution in [0.4, 0.5) is 0 Å². The fourth-order valence-electron chi connectivity index (χ4n) is 4.76. The van der Waals surface area contributed by atoms with Gasteiger partial charge in [0.1, 0.15) is 0 Å². The molecule has 0 aliphatic carbocycles. The minimum atomic E-state index is -3.70. The van der Waals surface area contributed by atoms with E-state index in [-0.39, 0.29) is 0 Å². The van der Waals surface area contributed by atoms with Crippen LogP contribution in [0.3, 0.4) is 0 Å². The van der Waals surface area contributed by atoms with E-state index in [1.54, 1.807) is 4.31 Å². The van der Waals surface area contributed by atoms with Crippen molar-refractivity contribution in [1.82, 2.24) is 4.31 Å². The third-order valence-corrected chi connectivity index (χ3v) is 9.05. The molecule has 0 bridgehead atoms. The van der Waals surface area contributed by atoms with E-state index in [0.717, 1.165) is 43.4 Å². The van der Waals surface area contributed by atoms with Gasteiger partial charge in [0.25, 0.3) is 0 Å². The van der Waals surface area contributed by atoms with Gasteiger partial charge in [-0.15, -0.1) is 0 Å². The Kier molecular flexibility index (Phi) is 8.13. The third-order valence-electron chi connectivity index (χ3n) is 6.41. The quantitative estimate of drug-likeness (QED) is 0.220. The van der Waals surface area contributed by atoms with Crippen LogP contribution in [-0.4, -0.2) is 19.3 Å². The van der Waals surface area contributed by atoms with Gasteiger partial charge in [-0.3, -0.25) is 0 Å². The van der Waals surface area contributed by atoms with Crippen molar-refractivity contribution in [1.29, 1.82) is 0 Å². The van der Waals surface area contributed by atoms with Gasteiger partial charge in [-0.2, -0.15) is 4.31 Å². The first-order chi connectivity index (χ1) is 17.1. The maximum atomic E-state index is 14.0. The van der Waals surface area contributed by atoms with E-state index in [4.69, 9.17) is 0 Å². The molecule has 0 radical (unpaired) electrons. The molecule has 5 heteroatoms. The Hall–Kier alpha value is -2.73. The van der Waals surface area contributed by atoms with Gasteiger partial charge in [-0.05, 0) is 79.6 Å². The second-order valence-electron chi connectivity index (χ2n) is 9.51. The Morgan fingerprint density at radius 1 is 0.694 bits per heavy atom. The molecular weight excluding hydrogens is 530 g/mol. The van der Waals surface area contributed by atoms with Crippen LogP contribution in [-0.2, 0) is 23.0 Å². The van der Waals surface area contributed by atoms with Crippen LogP contribution in [0.5, 0.6) is 0 Å². The molecule has 0 atom stereocenters. The zero-order valence-corrected chi connectivity index (χ0v) is 23.7. The molecule has 4 aromatic rings. The van der Waals surface area contributed by atoms with E-state index in [1.807, 2.05) is 69.3 Å². The first-order valence-electron chi connectivity index (χ1n) is 12.1. The van der Waals surface area contributed by atoms with Crippen LogP contribution in [0.2, 0.25) is 0 Å². The molecule has 186 valence electrons. The number of hydrogen-bond donors (Lipinski definition) is 0. The Bertz CT molecular complexity index is 1450. The number of aryl methyl sites for hydroxylation is 4. The molecule has 0 amide bonds. The molecule has 0 aromatic heterocycles. The normalized spacial score (nSPS) is 11.7. The Morgan fingerprint density at radius 3 is 2.00 bits per heavy atom. The summed E-state index contributed by atoms with van der Waals surface area (Å²) >= 11 is 3.52. The first kappa shape index (κ1) is 26.3. The lowest BCUT2D eigenvalue weighted by molar-refractivity contribution is 0.409. The van der Waals surface area contributed by atoms with E-state index >= 15 is 0 Å². The molecule has 4 rings (SSSR count). The average Bonchev–Trinajstić information content (AvgIpc) is 2.81. The second-order valence-corrected chi connectivity index (χ2v) is 12.3. The fourth-order valence-corrected chi connectivity index (χ4v) is 7.05. The van der Waals surface area contributed by atoms with Gasteiger partial charge in [0.05, 0.1) is 4.90 Å². The smallest absolute Gasteiger partial charge is 0.207 e. The highest BCUT2D eigenvalue weighted by molar-refractivity contribution is 9.10. The van der Waals surface area contributed by atoms with Crippen molar-refractivity contribution < 1.29 is 8.42 Å². The van der Waals surface area contributed by atoms with Gasteiger partial charge in [0.15, 0.2) is 0 Å². The molecular formula is C31H32BrNO2S. The summed E-state index contributed by atoms with van der Waals surface area (Å²) in [6.45, 7) is 8.56. The lowest BCUT2D eigenvalue weighted by Gasteiger charge is -2.25. The average molecular weight is 563 g/mol. The Morgan fingerprint density at radius 2 is 1.36 bits per heavy atom. The number of benzene rings is 4. The number of hydrogen-bond acceptors (Lipinski definition) is 2. The molecule has 0 saturated heterocycles. The number of rotatable bonds is 8. The minimum absolute atomic E-state index is 0.317. The van der Waals surface area contributed by atoms with Crippen LogP contribution in [0, 0.1) is 27.7 Å². The van der Waals surface area contributed by atoms with Crippen LogP contribution in [0.25, 0.3) is 11.1 Å². The summed E-state index contributed by atoms with van der Waals surface area (Å²) < 4.78 is 30.7.